The Hall–Kier alpha value is -1.69. The lowest BCUT2D eigenvalue weighted by molar-refractivity contribution is -0.141. The fraction of sp³-hybridized carbons (Fsp3) is 0.429. The van der Waals surface area contributed by atoms with Crippen molar-refractivity contribution in [3.8, 4) is 0 Å². The van der Waals surface area contributed by atoms with Crippen molar-refractivity contribution >= 4 is 21.6 Å². The molecule has 0 aliphatic heterocycles. The fourth-order valence-electron chi connectivity index (χ4n) is 1.68. The molecule has 6 heteroatoms. The van der Waals surface area contributed by atoms with Gasteiger partial charge in [0.05, 0.1) is 10.8 Å². The smallest absolute Gasteiger partial charge is 0.306 e. The first-order valence-electron chi connectivity index (χ1n) is 6.22. The number of hydrogen-bond donors (Lipinski definition) is 1. The van der Waals surface area contributed by atoms with Crippen LogP contribution in [0.4, 0.5) is 0 Å². The van der Waals surface area contributed by atoms with Crippen molar-refractivity contribution in [2.45, 2.75) is 37.3 Å². The van der Waals surface area contributed by atoms with E-state index < -0.39 is 32.8 Å². The van der Waals surface area contributed by atoms with Crippen molar-refractivity contribution in [3.05, 3.63) is 29.8 Å². The zero-order chi connectivity index (χ0) is 15.5. The quantitative estimate of drug-likeness (QED) is 0.863. The van der Waals surface area contributed by atoms with Gasteiger partial charge in [0, 0.05) is 0 Å². The molecule has 1 aromatic rings. The maximum atomic E-state index is 12.1. The molecular formula is C14H18O5S. The van der Waals surface area contributed by atoms with Crippen LogP contribution < -0.4 is 0 Å². The van der Waals surface area contributed by atoms with Gasteiger partial charge in [-0.25, -0.2) is 8.42 Å². The van der Waals surface area contributed by atoms with Crippen LogP contribution in [0.25, 0.3) is 0 Å². The molecule has 0 spiro atoms. The van der Waals surface area contributed by atoms with Crippen LogP contribution in [0, 0.1) is 5.92 Å². The maximum absolute atomic E-state index is 12.1. The molecule has 5 nitrogen and oxygen atoms in total. The van der Waals surface area contributed by atoms with Gasteiger partial charge in [0.2, 0.25) is 0 Å². The van der Waals surface area contributed by atoms with Crippen LogP contribution in [0.1, 0.15) is 26.3 Å². The van der Waals surface area contributed by atoms with Crippen molar-refractivity contribution in [1.29, 1.82) is 0 Å². The average molecular weight is 298 g/mol. The molecule has 0 fully saturated rings. The molecule has 2 unspecified atom stereocenters. The number of carbonyl (C=O) groups excluding carboxylic acids is 1. The van der Waals surface area contributed by atoms with Crippen LogP contribution >= 0.6 is 0 Å². The van der Waals surface area contributed by atoms with Gasteiger partial charge in [0.25, 0.3) is 0 Å². The third kappa shape index (κ3) is 3.66. The van der Waals surface area contributed by atoms with Gasteiger partial charge in [0.15, 0.2) is 9.84 Å². The molecule has 0 bridgehead atoms. The molecule has 110 valence electrons. The Labute approximate surface area is 118 Å². The van der Waals surface area contributed by atoms with Crippen molar-refractivity contribution in [1.82, 2.24) is 0 Å². The monoisotopic (exact) mass is 298 g/mol. The molecule has 0 heterocycles. The Morgan fingerprint density at radius 2 is 1.65 bits per heavy atom. The van der Waals surface area contributed by atoms with E-state index in [1.807, 2.05) is 0 Å². The summed E-state index contributed by atoms with van der Waals surface area (Å²) in [6.07, 6.45) is 0.331. The van der Waals surface area contributed by atoms with E-state index in [0.717, 1.165) is 5.56 Å². The molecule has 2 atom stereocenters. The van der Waals surface area contributed by atoms with Gasteiger partial charge in [-0.05, 0) is 38.0 Å². The first-order chi connectivity index (χ1) is 9.16. The van der Waals surface area contributed by atoms with E-state index in [9.17, 15) is 18.0 Å². The molecule has 1 aromatic carbocycles. The summed E-state index contributed by atoms with van der Waals surface area (Å²) in [5.74, 6) is -1.84. The highest BCUT2D eigenvalue weighted by Gasteiger charge is 2.26. The van der Waals surface area contributed by atoms with Gasteiger partial charge in [-0.1, -0.05) is 19.1 Å². The summed E-state index contributed by atoms with van der Waals surface area (Å²) in [7, 11) is -3.67. The maximum Gasteiger partial charge on any atom is 0.306 e. The van der Waals surface area contributed by atoms with Gasteiger partial charge in [-0.15, -0.1) is 0 Å². The number of aliphatic carboxylic acids is 1. The number of rotatable bonds is 6. The highest BCUT2D eigenvalue weighted by Crippen LogP contribution is 2.18. The molecule has 0 saturated heterocycles. The number of ketones is 1. The number of sulfone groups is 1. The third-order valence-electron chi connectivity index (χ3n) is 3.25. The van der Waals surface area contributed by atoms with Crippen molar-refractivity contribution < 1.29 is 23.1 Å². The van der Waals surface area contributed by atoms with Crippen LogP contribution in [0.5, 0.6) is 0 Å². The number of Topliss-reactive ketones (excluding diaryl/α,β-unsaturated/α-hetero) is 1. The number of hydrogen-bond acceptors (Lipinski definition) is 4. The normalized spacial score (nSPS) is 14.6. The fourth-order valence-corrected chi connectivity index (χ4v) is 3.04. The summed E-state index contributed by atoms with van der Waals surface area (Å²) in [6, 6.07) is 6.00. The summed E-state index contributed by atoms with van der Waals surface area (Å²) in [6.45, 7) is 4.19. The van der Waals surface area contributed by atoms with Crippen molar-refractivity contribution in [2.75, 3.05) is 0 Å². The second-order valence-corrected chi connectivity index (χ2v) is 7.15. The van der Waals surface area contributed by atoms with Gasteiger partial charge >= 0.3 is 5.97 Å². The molecule has 0 aliphatic rings. The second kappa shape index (κ2) is 6.17. The Kier molecular flexibility index (Phi) is 5.05. The van der Waals surface area contributed by atoms with Crippen molar-refractivity contribution in [2.24, 2.45) is 5.92 Å². The van der Waals surface area contributed by atoms with Gasteiger partial charge < -0.3 is 5.11 Å². The minimum absolute atomic E-state index is 0.0759. The Balaban J connectivity index is 2.97. The Morgan fingerprint density at radius 1 is 1.15 bits per heavy atom. The summed E-state index contributed by atoms with van der Waals surface area (Å²) in [4.78, 5) is 22.0. The largest absolute Gasteiger partial charge is 0.481 e. The molecule has 1 N–H and O–H groups in total. The SMILES string of the molecule is CC(=O)C(C)S(=O)(=O)c1ccc(CC(C)C(=O)O)cc1. The molecule has 1 rings (SSSR count). The minimum atomic E-state index is -3.67. The first-order valence-corrected chi connectivity index (χ1v) is 7.77. The predicted octanol–water partition coefficient (Wildman–Crippen LogP) is 1.70. The van der Waals surface area contributed by atoms with Gasteiger partial charge in [-0.2, -0.15) is 0 Å². The summed E-state index contributed by atoms with van der Waals surface area (Å²) in [5, 5.41) is 7.75. The minimum Gasteiger partial charge on any atom is -0.481 e. The van der Waals surface area contributed by atoms with Crippen LogP contribution in [0.2, 0.25) is 0 Å². The molecule has 0 radical (unpaired) electrons. The lowest BCUT2D eigenvalue weighted by Crippen LogP contribution is -2.25. The van der Waals surface area contributed by atoms with Gasteiger partial charge in [0.1, 0.15) is 11.0 Å². The van der Waals surface area contributed by atoms with Crippen LogP contribution in [-0.4, -0.2) is 30.5 Å². The van der Waals surface area contributed by atoms with E-state index in [4.69, 9.17) is 5.11 Å². The van der Waals surface area contributed by atoms with E-state index in [1.54, 1.807) is 19.1 Å². The van der Waals surface area contributed by atoms with E-state index in [2.05, 4.69) is 0 Å². The van der Waals surface area contributed by atoms with Crippen LogP contribution in [0.3, 0.4) is 0 Å². The van der Waals surface area contributed by atoms with E-state index in [0.29, 0.717) is 6.42 Å². The predicted molar refractivity (Wildman–Crippen MR) is 74.3 cm³/mol. The molecule has 0 amide bonds. The highest BCUT2D eigenvalue weighted by atomic mass is 32.2. The van der Waals surface area contributed by atoms with E-state index in [1.165, 1.54) is 26.0 Å². The topological polar surface area (TPSA) is 88.5 Å². The van der Waals surface area contributed by atoms with Crippen LogP contribution in [-0.2, 0) is 25.8 Å². The summed E-state index contributed by atoms with van der Waals surface area (Å²) < 4.78 is 24.2. The second-order valence-electron chi connectivity index (χ2n) is 4.89. The third-order valence-corrected chi connectivity index (χ3v) is 5.45. The van der Waals surface area contributed by atoms with Crippen molar-refractivity contribution in [3.63, 3.8) is 0 Å². The van der Waals surface area contributed by atoms with E-state index in [-0.39, 0.29) is 4.90 Å². The number of carboxylic acids is 1. The molecule has 0 aromatic heterocycles. The highest BCUT2D eigenvalue weighted by molar-refractivity contribution is 7.92. The zero-order valence-corrected chi connectivity index (χ0v) is 12.5. The Morgan fingerprint density at radius 3 is 2.05 bits per heavy atom. The number of carbonyl (C=O) groups is 2. The van der Waals surface area contributed by atoms with Crippen LogP contribution in [0.15, 0.2) is 29.2 Å². The molecular weight excluding hydrogens is 280 g/mol. The lowest BCUT2D eigenvalue weighted by atomic mass is 10.0. The lowest BCUT2D eigenvalue weighted by Gasteiger charge is -2.11. The summed E-state index contributed by atoms with van der Waals surface area (Å²) in [5.41, 5.74) is 0.745. The number of carboxylic acid groups (broad SMARTS) is 1. The van der Waals surface area contributed by atoms with Gasteiger partial charge in [-0.3, -0.25) is 9.59 Å². The molecule has 0 saturated carbocycles. The molecule has 0 aliphatic carbocycles. The van der Waals surface area contributed by atoms with E-state index >= 15 is 0 Å². The average Bonchev–Trinajstić information content (AvgIpc) is 2.38. The molecule has 20 heavy (non-hydrogen) atoms. The Bertz CT molecular complexity index is 601. The number of benzene rings is 1. The zero-order valence-electron chi connectivity index (χ0n) is 11.7. The first kappa shape index (κ1) is 16.4. The summed E-state index contributed by atoms with van der Waals surface area (Å²) >= 11 is 0. The standard InChI is InChI=1S/C14H18O5S/c1-9(14(16)17)8-12-4-6-13(7-5-12)20(18,19)11(3)10(2)15/h4-7,9,11H,8H2,1-3H3,(H,16,17).